The number of nitrogens with one attached hydrogen (secondary N) is 1. The second-order valence-corrected chi connectivity index (χ2v) is 5.14. The van der Waals surface area contributed by atoms with Crippen molar-refractivity contribution in [3.05, 3.63) is 29.8 Å². The van der Waals surface area contributed by atoms with Gasteiger partial charge in [0.15, 0.2) is 0 Å². The van der Waals surface area contributed by atoms with Gasteiger partial charge in [0.2, 0.25) is 5.91 Å². The molecule has 0 heterocycles. The number of aliphatic hydroxyl groups is 1. The Balaban J connectivity index is 2.32. The normalized spacial score (nSPS) is 12.4. The molecule has 1 rings (SSSR count). The van der Waals surface area contributed by atoms with E-state index < -0.39 is 6.10 Å². The molecule has 1 amide bonds. The van der Waals surface area contributed by atoms with Crippen molar-refractivity contribution < 1.29 is 14.6 Å². The van der Waals surface area contributed by atoms with Crippen LogP contribution in [0.3, 0.4) is 0 Å². The van der Waals surface area contributed by atoms with Crippen molar-refractivity contribution in [2.75, 3.05) is 13.2 Å². The molecule has 0 unspecified atom stereocenters. The molecule has 0 aliphatic heterocycles. The number of carbonyl (C=O) groups excluding carboxylic acids is 1. The van der Waals surface area contributed by atoms with E-state index in [0.717, 1.165) is 5.56 Å². The first kappa shape index (κ1) is 16.5. The fraction of sp³-hybridized carbons (Fsp3) is 0.533. The van der Waals surface area contributed by atoms with Crippen molar-refractivity contribution >= 4 is 5.91 Å². The zero-order chi connectivity index (χ0) is 15.0. The summed E-state index contributed by atoms with van der Waals surface area (Å²) >= 11 is 0. The molecule has 1 aromatic carbocycles. The molecule has 0 saturated carbocycles. The quantitative estimate of drug-likeness (QED) is 0.626. The third-order valence-corrected chi connectivity index (χ3v) is 2.79. The first-order valence-electron chi connectivity index (χ1n) is 6.89. The summed E-state index contributed by atoms with van der Waals surface area (Å²) in [5, 5.41) is 12.9. The molecule has 0 aliphatic carbocycles. The highest BCUT2D eigenvalue weighted by molar-refractivity contribution is 5.74. The lowest BCUT2D eigenvalue weighted by Gasteiger charge is -2.15. The van der Waals surface area contributed by atoms with E-state index in [1.165, 1.54) is 0 Å². The van der Waals surface area contributed by atoms with Gasteiger partial charge >= 0.3 is 0 Å². The van der Waals surface area contributed by atoms with E-state index >= 15 is 0 Å². The highest BCUT2D eigenvalue weighted by atomic mass is 16.5. The molecule has 0 aromatic heterocycles. The number of carbonyl (C=O) groups is 1. The van der Waals surface area contributed by atoms with Crippen molar-refractivity contribution in [2.45, 2.75) is 38.8 Å². The van der Waals surface area contributed by atoms with Crippen LogP contribution in [0.4, 0.5) is 0 Å². The van der Waals surface area contributed by atoms with Gasteiger partial charge in [-0.2, -0.15) is 0 Å². The van der Waals surface area contributed by atoms with E-state index in [1.54, 1.807) is 0 Å². The predicted octanol–water partition coefficient (Wildman–Crippen LogP) is 0.842. The Morgan fingerprint density at radius 2 is 2.00 bits per heavy atom. The van der Waals surface area contributed by atoms with E-state index in [1.807, 2.05) is 38.1 Å². The molecule has 20 heavy (non-hydrogen) atoms. The van der Waals surface area contributed by atoms with Crippen molar-refractivity contribution in [2.24, 2.45) is 5.73 Å². The fourth-order valence-electron chi connectivity index (χ4n) is 1.64. The third kappa shape index (κ3) is 7.11. The zero-order valence-electron chi connectivity index (χ0n) is 12.1. The minimum absolute atomic E-state index is 0.250. The van der Waals surface area contributed by atoms with Gasteiger partial charge < -0.3 is 20.9 Å². The first-order chi connectivity index (χ1) is 9.47. The average molecular weight is 280 g/mol. The second-order valence-electron chi connectivity index (χ2n) is 5.14. The Bertz CT molecular complexity index is 404. The van der Waals surface area contributed by atoms with Crippen molar-refractivity contribution in [3.63, 3.8) is 0 Å². The molecule has 4 N–H and O–H groups in total. The lowest BCUT2D eigenvalue weighted by molar-refractivity contribution is -0.117. The van der Waals surface area contributed by atoms with Gasteiger partial charge in [-0.25, -0.2) is 0 Å². The van der Waals surface area contributed by atoms with Crippen LogP contribution in [-0.2, 0) is 11.2 Å². The number of ether oxygens (including phenoxy) is 1. The van der Waals surface area contributed by atoms with Crippen LogP contribution in [-0.4, -0.2) is 36.3 Å². The minimum Gasteiger partial charge on any atom is -0.491 e. The smallest absolute Gasteiger partial charge is 0.217 e. The predicted molar refractivity (Wildman–Crippen MR) is 78.6 cm³/mol. The van der Waals surface area contributed by atoms with Crippen LogP contribution >= 0.6 is 0 Å². The summed E-state index contributed by atoms with van der Waals surface area (Å²) in [6.45, 7) is 4.81. The third-order valence-electron chi connectivity index (χ3n) is 2.79. The first-order valence-corrected chi connectivity index (χ1v) is 6.89. The largest absolute Gasteiger partial charge is 0.491 e. The lowest BCUT2D eigenvalue weighted by atomic mass is 10.1. The summed E-state index contributed by atoms with van der Waals surface area (Å²) in [5.41, 5.74) is 6.14. The Morgan fingerprint density at radius 3 is 2.55 bits per heavy atom. The molecule has 0 bridgehead atoms. The maximum atomic E-state index is 10.7. The molecule has 0 aliphatic rings. The summed E-state index contributed by atoms with van der Waals surface area (Å²) < 4.78 is 5.50. The molecule has 0 spiro atoms. The number of primary amides is 1. The average Bonchev–Trinajstić information content (AvgIpc) is 2.41. The van der Waals surface area contributed by atoms with Gasteiger partial charge in [0.05, 0.1) is 0 Å². The van der Waals surface area contributed by atoms with Crippen LogP contribution in [0, 0.1) is 0 Å². The van der Waals surface area contributed by atoms with Crippen LogP contribution in [0.25, 0.3) is 0 Å². The molecule has 0 saturated heterocycles. The Hall–Kier alpha value is -1.59. The van der Waals surface area contributed by atoms with Gasteiger partial charge in [0.1, 0.15) is 18.5 Å². The Kier molecular flexibility index (Phi) is 7.04. The van der Waals surface area contributed by atoms with E-state index in [2.05, 4.69) is 5.32 Å². The van der Waals surface area contributed by atoms with Gasteiger partial charge in [0, 0.05) is 19.0 Å². The minimum atomic E-state index is -0.535. The monoisotopic (exact) mass is 280 g/mol. The molecule has 112 valence electrons. The van der Waals surface area contributed by atoms with Gasteiger partial charge in [-0.05, 0) is 24.1 Å². The molecule has 1 aromatic rings. The zero-order valence-corrected chi connectivity index (χ0v) is 12.1. The van der Waals surface area contributed by atoms with Crippen LogP contribution in [0.2, 0.25) is 0 Å². The summed E-state index contributed by atoms with van der Waals surface area (Å²) in [6, 6.07) is 7.81. The summed E-state index contributed by atoms with van der Waals surface area (Å²) in [4.78, 5) is 10.7. The highest BCUT2D eigenvalue weighted by Crippen LogP contribution is 2.13. The molecule has 0 fully saturated rings. The van der Waals surface area contributed by atoms with Crippen LogP contribution in [0.15, 0.2) is 24.3 Å². The summed E-state index contributed by atoms with van der Waals surface area (Å²) in [5.74, 6) is 0.405. The SMILES string of the molecule is CC(C)NC[C@H](O)COc1ccc(CCC(N)=O)cc1. The fourth-order valence-corrected chi connectivity index (χ4v) is 1.64. The van der Waals surface area contributed by atoms with Gasteiger partial charge in [0.25, 0.3) is 0 Å². The van der Waals surface area contributed by atoms with Crippen LogP contribution < -0.4 is 15.8 Å². The molecule has 5 nitrogen and oxygen atoms in total. The van der Waals surface area contributed by atoms with E-state index in [4.69, 9.17) is 10.5 Å². The van der Waals surface area contributed by atoms with Gasteiger partial charge in [-0.15, -0.1) is 0 Å². The number of hydrogen-bond acceptors (Lipinski definition) is 4. The summed E-state index contributed by atoms with van der Waals surface area (Å²) in [6.07, 6.45) is 0.447. The lowest BCUT2D eigenvalue weighted by Crippen LogP contribution is -2.35. The Labute approximate surface area is 120 Å². The van der Waals surface area contributed by atoms with E-state index in [-0.39, 0.29) is 12.5 Å². The number of benzene rings is 1. The molecule has 1 atom stereocenters. The van der Waals surface area contributed by atoms with E-state index in [9.17, 15) is 9.90 Å². The molecule has 5 heteroatoms. The number of aliphatic hydroxyl groups excluding tert-OH is 1. The standard InChI is InChI=1S/C15H24N2O3/c1-11(2)17-9-13(18)10-20-14-6-3-12(4-7-14)5-8-15(16)19/h3-4,6-7,11,13,17-18H,5,8-10H2,1-2H3,(H2,16,19)/t13-/m0/s1. The number of nitrogens with two attached hydrogens (primary N) is 1. The number of hydrogen-bond donors (Lipinski definition) is 3. The van der Waals surface area contributed by atoms with Crippen molar-refractivity contribution in [3.8, 4) is 5.75 Å². The number of rotatable bonds is 9. The van der Waals surface area contributed by atoms with Crippen molar-refractivity contribution in [1.82, 2.24) is 5.32 Å². The summed E-state index contributed by atoms with van der Waals surface area (Å²) in [7, 11) is 0. The van der Waals surface area contributed by atoms with Crippen LogP contribution in [0.1, 0.15) is 25.8 Å². The second kappa shape index (κ2) is 8.55. The Morgan fingerprint density at radius 1 is 1.35 bits per heavy atom. The van der Waals surface area contributed by atoms with Crippen molar-refractivity contribution in [1.29, 1.82) is 0 Å². The molecule has 0 radical (unpaired) electrons. The van der Waals surface area contributed by atoms with E-state index in [0.29, 0.717) is 31.2 Å². The molecular weight excluding hydrogens is 256 g/mol. The van der Waals surface area contributed by atoms with Gasteiger partial charge in [-0.1, -0.05) is 26.0 Å². The maximum absolute atomic E-state index is 10.7. The topological polar surface area (TPSA) is 84.6 Å². The van der Waals surface area contributed by atoms with Gasteiger partial charge in [-0.3, -0.25) is 4.79 Å². The van der Waals surface area contributed by atoms with Crippen LogP contribution in [0.5, 0.6) is 5.75 Å². The number of aryl methyl sites for hydroxylation is 1. The highest BCUT2D eigenvalue weighted by Gasteiger charge is 2.06. The molecular formula is C15H24N2O3. The maximum Gasteiger partial charge on any atom is 0.217 e. The number of amides is 1.